The molecule has 0 amide bonds. The summed E-state index contributed by atoms with van der Waals surface area (Å²) in [7, 11) is 0. The molecular formula is C19H34O2. The van der Waals surface area contributed by atoms with Crippen molar-refractivity contribution in [3.8, 4) is 0 Å². The number of fused-ring (bicyclic) bond motifs is 1. The van der Waals surface area contributed by atoms with E-state index in [1.807, 2.05) is 0 Å². The Bertz CT molecular complexity index is 391. The van der Waals surface area contributed by atoms with Gasteiger partial charge >= 0.3 is 0 Å². The monoisotopic (exact) mass is 294 g/mol. The molecule has 5 unspecified atom stereocenters. The van der Waals surface area contributed by atoms with Crippen molar-refractivity contribution < 1.29 is 9.47 Å². The zero-order valence-corrected chi connectivity index (χ0v) is 14.7. The average Bonchev–Trinajstić information content (AvgIpc) is 3.27. The number of ether oxygens (including phenoxy) is 2. The van der Waals surface area contributed by atoms with Crippen LogP contribution in [0.15, 0.2) is 0 Å². The van der Waals surface area contributed by atoms with Crippen molar-refractivity contribution in [1.29, 1.82) is 0 Å². The number of unbranched alkanes of at least 4 members (excludes halogenated alkanes) is 1. The molecule has 3 rings (SSSR count). The molecule has 1 saturated carbocycles. The topological polar surface area (TPSA) is 25.1 Å². The first-order valence-corrected chi connectivity index (χ1v) is 9.15. The van der Waals surface area contributed by atoms with Crippen molar-refractivity contribution in [3.05, 3.63) is 0 Å². The van der Waals surface area contributed by atoms with Gasteiger partial charge in [-0.25, -0.2) is 0 Å². The molecule has 2 aliphatic heterocycles. The van der Waals surface area contributed by atoms with Crippen LogP contribution in [0.1, 0.15) is 86.0 Å². The third kappa shape index (κ3) is 3.17. The molecule has 5 atom stereocenters. The highest BCUT2D eigenvalue weighted by molar-refractivity contribution is 5.06. The van der Waals surface area contributed by atoms with Crippen LogP contribution < -0.4 is 0 Å². The highest BCUT2D eigenvalue weighted by Crippen LogP contribution is 2.56. The van der Waals surface area contributed by atoms with Crippen LogP contribution in [-0.4, -0.2) is 23.4 Å². The van der Waals surface area contributed by atoms with Gasteiger partial charge in [-0.2, -0.15) is 0 Å². The lowest BCUT2D eigenvalue weighted by Crippen LogP contribution is -2.34. The summed E-state index contributed by atoms with van der Waals surface area (Å²) in [4.78, 5) is 0. The van der Waals surface area contributed by atoms with E-state index in [4.69, 9.17) is 9.47 Å². The predicted octanol–water partition coefficient (Wildman–Crippen LogP) is 5.10. The Kier molecular flexibility index (Phi) is 3.94. The summed E-state index contributed by atoms with van der Waals surface area (Å²) < 4.78 is 11.8. The normalized spacial score (nSPS) is 43.0. The molecule has 0 spiro atoms. The fraction of sp³-hybridized carbons (Fsp3) is 1.00. The van der Waals surface area contributed by atoms with E-state index in [9.17, 15) is 0 Å². The summed E-state index contributed by atoms with van der Waals surface area (Å²) in [6.45, 7) is 11.6. The number of epoxide rings is 2. The Morgan fingerprint density at radius 2 is 1.86 bits per heavy atom. The van der Waals surface area contributed by atoms with E-state index < -0.39 is 0 Å². The van der Waals surface area contributed by atoms with E-state index in [-0.39, 0.29) is 11.2 Å². The largest absolute Gasteiger partial charge is 0.367 e. The molecule has 3 aliphatic rings. The Hall–Kier alpha value is -0.0800. The van der Waals surface area contributed by atoms with Gasteiger partial charge in [-0.05, 0) is 70.6 Å². The molecule has 2 nitrogen and oxygen atoms in total. The molecule has 1 aliphatic carbocycles. The van der Waals surface area contributed by atoms with Crippen LogP contribution in [0.2, 0.25) is 0 Å². The molecule has 2 heterocycles. The Labute approximate surface area is 131 Å². The Balaban J connectivity index is 1.59. The van der Waals surface area contributed by atoms with Gasteiger partial charge < -0.3 is 9.47 Å². The van der Waals surface area contributed by atoms with Crippen molar-refractivity contribution in [2.24, 2.45) is 11.3 Å². The molecule has 122 valence electrons. The minimum atomic E-state index is 0.149. The van der Waals surface area contributed by atoms with Crippen LogP contribution in [0, 0.1) is 11.3 Å². The van der Waals surface area contributed by atoms with Crippen molar-refractivity contribution >= 4 is 0 Å². The van der Waals surface area contributed by atoms with Gasteiger partial charge in [-0.1, -0.05) is 26.7 Å². The first kappa shape index (κ1) is 15.8. The molecule has 0 aromatic rings. The van der Waals surface area contributed by atoms with Crippen molar-refractivity contribution in [1.82, 2.24) is 0 Å². The fourth-order valence-electron chi connectivity index (χ4n) is 4.59. The molecule has 0 aromatic heterocycles. The van der Waals surface area contributed by atoms with E-state index in [1.54, 1.807) is 0 Å². The van der Waals surface area contributed by atoms with E-state index in [2.05, 4.69) is 34.6 Å². The molecule has 0 N–H and O–H groups in total. The van der Waals surface area contributed by atoms with Crippen molar-refractivity contribution in [2.75, 3.05) is 0 Å². The van der Waals surface area contributed by atoms with E-state index in [0.29, 0.717) is 17.6 Å². The first-order valence-electron chi connectivity index (χ1n) is 9.15. The molecule has 21 heavy (non-hydrogen) atoms. The fourth-order valence-corrected chi connectivity index (χ4v) is 4.59. The lowest BCUT2D eigenvalue weighted by molar-refractivity contribution is 0.106. The van der Waals surface area contributed by atoms with E-state index in [1.165, 1.54) is 51.4 Å². The highest BCUT2D eigenvalue weighted by atomic mass is 16.6. The number of hydrogen-bond donors (Lipinski definition) is 0. The van der Waals surface area contributed by atoms with Crippen LogP contribution in [0.5, 0.6) is 0 Å². The molecule has 2 saturated heterocycles. The van der Waals surface area contributed by atoms with Gasteiger partial charge in [0, 0.05) is 0 Å². The van der Waals surface area contributed by atoms with Crippen LogP contribution >= 0.6 is 0 Å². The molecule has 0 radical (unpaired) electrons. The quantitative estimate of drug-likeness (QED) is 0.610. The van der Waals surface area contributed by atoms with Crippen LogP contribution in [0.25, 0.3) is 0 Å². The van der Waals surface area contributed by atoms with Gasteiger partial charge in [0.1, 0.15) is 0 Å². The minimum absolute atomic E-state index is 0.149. The number of rotatable bonds is 7. The summed E-state index contributed by atoms with van der Waals surface area (Å²) in [5.74, 6) is 0.853. The van der Waals surface area contributed by atoms with E-state index in [0.717, 1.165) is 5.92 Å². The summed E-state index contributed by atoms with van der Waals surface area (Å²) in [6.07, 6.45) is 11.6. The van der Waals surface area contributed by atoms with Crippen molar-refractivity contribution in [2.45, 2.75) is 109 Å². The maximum absolute atomic E-state index is 5.94. The van der Waals surface area contributed by atoms with Gasteiger partial charge in [0.15, 0.2) is 0 Å². The minimum Gasteiger partial charge on any atom is -0.367 e. The lowest BCUT2D eigenvalue weighted by Gasteiger charge is -2.40. The van der Waals surface area contributed by atoms with Gasteiger partial charge in [-0.15, -0.1) is 0 Å². The Morgan fingerprint density at radius 3 is 2.43 bits per heavy atom. The molecule has 2 heteroatoms. The standard InChI is InChI=1S/C19H34O2/c1-6-7-10-18(4,11-9-15-17(2,3)20-15)14-8-12-19(5)16(13-14)21-19/h14-16H,6-13H2,1-5H3. The zero-order valence-electron chi connectivity index (χ0n) is 14.7. The third-order valence-electron chi connectivity index (χ3n) is 6.75. The molecule has 0 bridgehead atoms. The summed E-state index contributed by atoms with van der Waals surface area (Å²) in [6, 6.07) is 0. The van der Waals surface area contributed by atoms with Gasteiger partial charge in [0.05, 0.1) is 23.4 Å². The summed E-state index contributed by atoms with van der Waals surface area (Å²) >= 11 is 0. The summed E-state index contributed by atoms with van der Waals surface area (Å²) in [5, 5.41) is 0. The van der Waals surface area contributed by atoms with Crippen molar-refractivity contribution in [3.63, 3.8) is 0 Å². The maximum Gasteiger partial charge on any atom is 0.0920 e. The summed E-state index contributed by atoms with van der Waals surface area (Å²) in [5.41, 5.74) is 0.894. The van der Waals surface area contributed by atoms with E-state index >= 15 is 0 Å². The van der Waals surface area contributed by atoms with Crippen LogP contribution in [0.4, 0.5) is 0 Å². The second-order valence-electron chi connectivity index (χ2n) is 8.90. The Morgan fingerprint density at radius 1 is 1.14 bits per heavy atom. The van der Waals surface area contributed by atoms with Gasteiger partial charge in [0.25, 0.3) is 0 Å². The first-order chi connectivity index (χ1) is 9.79. The average molecular weight is 294 g/mol. The van der Waals surface area contributed by atoms with Crippen LogP contribution in [0.3, 0.4) is 0 Å². The molecule has 3 fully saturated rings. The molecular weight excluding hydrogens is 260 g/mol. The molecule has 0 aromatic carbocycles. The second kappa shape index (κ2) is 5.23. The number of hydrogen-bond acceptors (Lipinski definition) is 2. The zero-order chi connectivity index (χ0) is 15.3. The lowest BCUT2D eigenvalue weighted by atomic mass is 9.64. The third-order valence-corrected chi connectivity index (χ3v) is 6.75. The second-order valence-corrected chi connectivity index (χ2v) is 8.90. The highest BCUT2D eigenvalue weighted by Gasteiger charge is 2.57. The SMILES string of the molecule is CCCCC(C)(CCC1OC1(C)C)C1CCC2(C)OC2C1. The van der Waals surface area contributed by atoms with Gasteiger partial charge in [0.2, 0.25) is 0 Å². The van der Waals surface area contributed by atoms with Gasteiger partial charge in [-0.3, -0.25) is 0 Å². The smallest absolute Gasteiger partial charge is 0.0920 e. The predicted molar refractivity (Wildman–Crippen MR) is 86.4 cm³/mol. The van der Waals surface area contributed by atoms with Crippen LogP contribution in [-0.2, 0) is 9.47 Å². The maximum atomic E-state index is 5.94.